The van der Waals surface area contributed by atoms with Gasteiger partial charge < -0.3 is 14.6 Å². The summed E-state index contributed by atoms with van der Waals surface area (Å²) >= 11 is 1.26. The summed E-state index contributed by atoms with van der Waals surface area (Å²) in [5.74, 6) is 0.757. The number of nitrogens with one attached hydrogen (secondary N) is 1. The SMILES string of the molecule is Cc1cc(NC(=O)C(C)SCC(=O)OC2CCCCC2)no1. The highest BCUT2D eigenvalue weighted by Crippen LogP contribution is 2.21. The van der Waals surface area contributed by atoms with Crippen molar-refractivity contribution in [3.05, 3.63) is 11.8 Å². The van der Waals surface area contributed by atoms with E-state index < -0.39 is 0 Å². The fraction of sp³-hybridized carbons (Fsp3) is 0.667. The van der Waals surface area contributed by atoms with Crippen molar-refractivity contribution >= 4 is 29.5 Å². The molecule has 1 N–H and O–H groups in total. The quantitative estimate of drug-likeness (QED) is 0.810. The number of aromatic nitrogens is 1. The smallest absolute Gasteiger partial charge is 0.316 e. The van der Waals surface area contributed by atoms with Crippen molar-refractivity contribution in [2.75, 3.05) is 11.1 Å². The number of hydrogen-bond acceptors (Lipinski definition) is 6. The van der Waals surface area contributed by atoms with Gasteiger partial charge in [0.2, 0.25) is 5.91 Å². The molecule has 2 rings (SSSR count). The van der Waals surface area contributed by atoms with Crippen LogP contribution < -0.4 is 5.32 Å². The molecule has 0 spiro atoms. The van der Waals surface area contributed by atoms with Gasteiger partial charge in [-0.1, -0.05) is 11.6 Å². The summed E-state index contributed by atoms with van der Waals surface area (Å²) in [7, 11) is 0. The van der Waals surface area contributed by atoms with Gasteiger partial charge in [0.1, 0.15) is 11.9 Å². The number of aryl methyl sites for hydroxylation is 1. The number of rotatable bonds is 6. The molecule has 1 fully saturated rings. The van der Waals surface area contributed by atoms with E-state index in [1.165, 1.54) is 18.2 Å². The van der Waals surface area contributed by atoms with Gasteiger partial charge in [0.25, 0.3) is 0 Å². The van der Waals surface area contributed by atoms with Gasteiger partial charge in [-0.3, -0.25) is 9.59 Å². The zero-order valence-corrected chi connectivity index (χ0v) is 13.8. The van der Waals surface area contributed by atoms with Crippen LogP contribution in [0, 0.1) is 6.92 Å². The third-order valence-electron chi connectivity index (χ3n) is 3.55. The lowest BCUT2D eigenvalue weighted by molar-refractivity contribution is -0.147. The zero-order valence-electron chi connectivity index (χ0n) is 13.0. The molecule has 1 atom stereocenters. The zero-order chi connectivity index (χ0) is 15.9. The average molecular weight is 326 g/mol. The molecule has 0 radical (unpaired) electrons. The summed E-state index contributed by atoms with van der Waals surface area (Å²) in [5, 5.41) is 5.99. The first-order valence-electron chi connectivity index (χ1n) is 7.60. The summed E-state index contributed by atoms with van der Waals surface area (Å²) in [5.41, 5.74) is 0. The Labute approximate surface area is 134 Å². The number of esters is 1. The highest BCUT2D eigenvalue weighted by molar-refractivity contribution is 8.01. The van der Waals surface area contributed by atoms with Gasteiger partial charge in [-0.2, -0.15) is 0 Å². The highest BCUT2D eigenvalue weighted by Gasteiger charge is 2.20. The number of carbonyl (C=O) groups is 2. The molecule has 1 saturated carbocycles. The molecule has 22 heavy (non-hydrogen) atoms. The van der Waals surface area contributed by atoms with E-state index in [1.807, 2.05) is 0 Å². The number of amides is 1. The van der Waals surface area contributed by atoms with Gasteiger partial charge in [-0.25, -0.2) is 0 Å². The number of carbonyl (C=O) groups excluding carboxylic acids is 2. The molecule has 6 nitrogen and oxygen atoms in total. The van der Waals surface area contributed by atoms with Gasteiger partial charge in [-0.15, -0.1) is 11.8 Å². The molecule has 1 aliphatic rings. The van der Waals surface area contributed by atoms with Crippen molar-refractivity contribution in [1.82, 2.24) is 5.16 Å². The van der Waals surface area contributed by atoms with Crippen LogP contribution in [0.3, 0.4) is 0 Å². The molecule has 0 aromatic carbocycles. The van der Waals surface area contributed by atoms with E-state index in [0.717, 1.165) is 25.7 Å². The number of ether oxygens (including phenoxy) is 1. The van der Waals surface area contributed by atoms with Crippen LogP contribution in [0.4, 0.5) is 5.82 Å². The molecule has 0 bridgehead atoms. The standard InChI is InChI=1S/C15H22N2O4S/c1-10-8-13(17-21-10)16-15(19)11(2)22-9-14(18)20-12-6-4-3-5-7-12/h8,11-12H,3-7,9H2,1-2H3,(H,16,17,19). The maximum atomic E-state index is 12.0. The highest BCUT2D eigenvalue weighted by atomic mass is 32.2. The predicted molar refractivity (Wildman–Crippen MR) is 84.8 cm³/mol. The summed E-state index contributed by atoms with van der Waals surface area (Å²) in [6.07, 6.45) is 5.45. The lowest BCUT2D eigenvalue weighted by Gasteiger charge is -2.22. The Morgan fingerprint density at radius 1 is 1.45 bits per heavy atom. The van der Waals surface area contributed by atoms with Crippen LogP contribution in [0.15, 0.2) is 10.6 Å². The molecular formula is C15H22N2O4S. The Kier molecular flexibility index (Phi) is 6.30. The molecule has 1 aromatic rings. The third-order valence-corrected chi connectivity index (χ3v) is 4.67. The second kappa shape index (κ2) is 8.22. The monoisotopic (exact) mass is 326 g/mol. The molecule has 1 unspecified atom stereocenters. The molecule has 0 saturated heterocycles. The van der Waals surface area contributed by atoms with E-state index in [0.29, 0.717) is 11.6 Å². The Hall–Kier alpha value is -1.50. The Balaban J connectivity index is 1.68. The minimum absolute atomic E-state index is 0.0593. The van der Waals surface area contributed by atoms with Gasteiger partial charge in [0.15, 0.2) is 5.82 Å². The average Bonchev–Trinajstić information content (AvgIpc) is 2.91. The van der Waals surface area contributed by atoms with Crippen LogP contribution in [0.5, 0.6) is 0 Å². The molecule has 1 aliphatic carbocycles. The lowest BCUT2D eigenvalue weighted by Crippen LogP contribution is -2.26. The number of nitrogens with zero attached hydrogens (tertiary/aromatic N) is 1. The molecule has 0 aliphatic heterocycles. The Morgan fingerprint density at radius 2 is 2.18 bits per heavy atom. The van der Waals surface area contributed by atoms with Crippen molar-refractivity contribution in [1.29, 1.82) is 0 Å². The van der Waals surface area contributed by atoms with E-state index in [2.05, 4.69) is 10.5 Å². The second-order valence-corrected chi connectivity index (χ2v) is 6.84. The van der Waals surface area contributed by atoms with Gasteiger partial charge >= 0.3 is 5.97 Å². The predicted octanol–water partition coefficient (Wildman–Crippen LogP) is 2.92. The summed E-state index contributed by atoms with van der Waals surface area (Å²) in [4.78, 5) is 23.8. The molecule has 1 aromatic heterocycles. The second-order valence-electron chi connectivity index (χ2n) is 5.52. The van der Waals surface area contributed by atoms with Crippen molar-refractivity contribution in [3.63, 3.8) is 0 Å². The minimum Gasteiger partial charge on any atom is -0.462 e. The number of anilines is 1. The largest absolute Gasteiger partial charge is 0.462 e. The van der Waals surface area contributed by atoms with E-state index in [1.54, 1.807) is 19.9 Å². The van der Waals surface area contributed by atoms with Crippen LogP contribution in [-0.4, -0.2) is 34.1 Å². The van der Waals surface area contributed by atoms with Crippen molar-refractivity contribution in [2.24, 2.45) is 0 Å². The summed E-state index contributed by atoms with van der Waals surface area (Å²) in [6, 6.07) is 1.65. The van der Waals surface area contributed by atoms with Gasteiger partial charge in [0.05, 0.1) is 11.0 Å². The minimum atomic E-state index is -0.365. The normalized spacial score (nSPS) is 17.0. The van der Waals surface area contributed by atoms with Crippen molar-refractivity contribution < 1.29 is 18.8 Å². The summed E-state index contributed by atoms with van der Waals surface area (Å²) in [6.45, 7) is 3.50. The van der Waals surface area contributed by atoms with Crippen molar-refractivity contribution in [2.45, 2.75) is 57.3 Å². The number of hydrogen-bond donors (Lipinski definition) is 1. The van der Waals surface area contributed by atoms with Crippen LogP contribution >= 0.6 is 11.8 Å². The molecule has 1 heterocycles. The van der Waals surface area contributed by atoms with Gasteiger partial charge in [0, 0.05) is 6.07 Å². The first kappa shape index (κ1) is 16.9. The van der Waals surface area contributed by atoms with E-state index in [-0.39, 0.29) is 29.0 Å². The molecule has 1 amide bonds. The van der Waals surface area contributed by atoms with Crippen LogP contribution in [-0.2, 0) is 14.3 Å². The van der Waals surface area contributed by atoms with E-state index in [4.69, 9.17) is 9.26 Å². The lowest BCUT2D eigenvalue weighted by atomic mass is 9.98. The van der Waals surface area contributed by atoms with Crippen molar-refractivity contribution in [3.8, 4) is 0 Å². The first-order valence-corrected chi connectivity index (χ1v) is 8.64. The molecule has 122 valence electrons. The van der Waals surface area contributed by atoms with E-state index >= 15 is 0 Å². The molecular weight excluding hydrogens is 304 g/mol. The maximum absolute atomic E-state index is 12.0. The van der Waals surface area contributed by atoms with Crippen LogP contribution in [0.25, 0.3) is 0 Å². The third kappa shape index (κ3) is 5.36. The van der Waals surface area contributed by atoms with Crippen LogP contribution in [0.1, 0.15) is 44.8 Å². The van der Waals surface area contributed by atoms with Gasteiger partial charge in [-0.05, 0) is 39.5 Å². The van der Waals surface area contributed by atoms with Crippen LogP contribution in [0.2, 0.25) is 0 Å². The fourth-order valence-electron chi connectivity index (χ4n) is 2.32. The molecule has 7 heteroatoms. The topological polar surface area (TPSA) is 81.4 Å². The van der Waals surface area contributed by atoms with E-state index in [9.17, 15) is 9.59 Å². The fourth-order valence-corrected chi connectivity index (χ4v) is 2.99. The Morgan fingerprint density at radius 3 is 2.82 bits per heavy atom. The first-order chi connectivity index (χ1) is 10.5. The summed E-state index contributed by atoms with van der Waals surface area (Å²) < 4.78 is 10.3. The maximum Gasteiger partial charge on any atom is 0.316 e. The Bertz CT molecular complexity index is 511. The number of thioether (sulfide) groups is 1.